The van der Waals surface area contributed by atoms with Gasteiger partial charge in [0.05, 0.1) is 30.9 Å². The van der Waals surface area contributed by atoms with E-state index in [1.165, 1.54) is 0 Å². The molecule has 2 rings (SSSR count). The van der Waals surface area contributed by atoms with Crippen molar-refractivity contribution in [2.45, 2.75) is 19.1 Å². The van der Waals surface area contributed by atoms with Crippen LogP contribution in [0.2, 0.25) is 0 Å². The summed E-state index contributed by atoms with van der Waals surface area (Å²) in [7, 11) is 0. The maximum atomic E-state index is 9.13. The Bertz CT molecular complexity index is 430. The molecule has 1 saturated heterocycles. The van der Waals surface area contributed by atoms with Crippen molar-refractivity contribution >= 4 is 5.82 Å². The molecule has 2 heterocycles. The Morgan fingerprint density at radius 1 is 1.71 bits per heavy atom. The summed E-state index contributed by atoms with van der Waals surface area (Å²) in [4.78, 5) is 6.28. The molecule has 1 aliphatic rings. The third-order valence-electron chi connectivity index (χ3n) is 2.89. The van der Waals surface area contributed by atoms with Crippen LogP contribution in [0.4, 0.5) is 5.82 Å². The van der Waals surface area contributed by atoms with Crippen molar-refractivity contribution in [3.63, 3.8) is 0 Å². The fourth-order valence-corrected chi connectivity index (χ4v) is 1.94. The molecule has 17 heavy (non-hydrogen) atoms. The molecule has 90 valence electrons. The fourth-order valence-electron chi connectivity index (χ4n) is 1.94. The van der Waals surface area contributed by atoms with Gasteiger partial charge < -0.3 is 14.7 Å². The summed E-state index contributed by atoms with van der Waals surface area (Å²) in [5.74, 6) is 0.671. The van der Waals surface area contributed by atoms with Crippen LogP contribution in [0.1, 0.15) is 12.5 Å². The van der Waals surface area contributed by atoms with Gasteiger partial charge in [-0.05, 0) is 19.1 Å². The van der Waals surface area contributed by atoms with E-state index in [2.05, 4.69) is 11.1 Å². The number of morpholine rings is 1. The zero-order chi connectivity index (χ0) is 12.3. The molecule has 0 spiro atoms. The highest BCUT2D eigenvalue weighted by atomic mass is 16.5. The van der Waals surface area contributed by atoms with E-state index in [-0.39, 0.29) is 18.8 Å². The first-order valence-corrected chi connectivity index (χ1v) is 5.60. The lowest BCUT2D eigenvalue weighted by molar-refractivity contribution is -0.0105. The Morgan fingerprint density at radius 2 is 2.53 bits per heavy atom. The average molecular weight is 233 g/mol. The van der Waals surface area contributed by atoms with Crippen LogP contribution in [0.3, 0.4) is 0 Å². The summed E-state index contributed by atoms with van der Waals surface area (Å²) in [5, 5.41) is 18.2. The molecule has 0 aromatic carbocycles. The summed E-state index contributed by atoms with van der Waals surface area (Å²) in [6.45, 7) is 3.09. The van der Waals surface area contributed by atoms with Gasteiger partial charge in [-0.25, -0.2) is 4.98 Å². The van der Waals surface area contributed by atoms with Crippen molar-refractivity contribution in [3.8, 4) is 6.07 Å². The van der Waals surface area contributed by atoms with Gasteiger partial charge in [0.25, 0.3) is 0 Å². The van der Waals surface area contributed by atoms with Crippen molar-refractivity contribution in [2.75, 3.05) is 24.7 Å². The number of aliphatic hydroxyl groups excluding tert-OH is 1. The van der Waals surface area contributed by atoms with E-state index in [4.69, 9.17) is 15.1 Å². The largest absolute Gasteiger partial charge is 0.394 e. The van der Waals surface area contributed by atoms with Gasteiger partial charge in [-0.1, -0.05) is 0 Å². The molecule has 1 fully saturated rings. The second kappa shape index (κ2) is 5.13. The first-order valence-electron chi connectivity index (χ1n) is 5.60. The predicted molar refractivity (Wildman–Crippen MR) is 62.6 cm³/mol. The lowest BCUT2D eigenvalue weighted by Crippen LogP contribution is -2.50. The standard InChI is InChI=1S/C12H15N3O2/c1-9-8-17-11(7-16)6-15(9)12-10(5-13)3-2-4-14-12/h2-4,9,11,16H,6-8H2,1H3. The van der Waals surface area contributed by atoms with Gasteiger partial charge in [0, 0.05) is 12.7 Å². The van der Waals surface area contributed by atoms with Crippen LogP contribution in [-0.4, -0.2) is 42.0 Å². The van der Waals surface area contributed by atoms with E-state index in [1.807, 2.05) is 11.8 Å². The van der Waals surface area contributed by atoms with Crippen molar-refractivity contribution in [3.05, 3.63) is 23.9 Å². The van der Waals surface area contributed by atoms with Crippen LogP contribution in [0.25, 0.3) is 0 Å². The van der Waals surface area contributed by atoms with Gasteiger partial charge in [-0.2, -0.15) is 5.26 Å². The molecule has 0 radical (unpaired) electrons. The number of anilines is 1. The average Bonchev–Trinajstić information content (AvgIpc) is 2.39. The monoisotopic (exact) mass is 233 g/mol. The summed E-state index contributed by atoms with van der Waals surface area (Å²) in [5.41, 5.74) is 0.554. The smallest absolute Gasteiger partial charge is 0.146 e. The summed E-state index contributed by atoms with van der Waals surface area (Å²) in [6, 6.07) is 5.79. The van der Waals surface area contributed by atoms with Crippen LogP contribution >= 0.6 is 0 Å². The molecule has 1 aromatic heterocycles. The molecule has 1 N–H and O–H groups in total. The number of hydrogen-bond acceptors (Lipinski definition) is 5. The number of aromatic nitrogens is 1. The topological polar surface area (TPSA) is 69.4 Å². The van der Waals surface area contributed by atoms with Crippen molar-refractivity contribution in [2.24, 2.45) is 0 Å². The highest BCUT2D eigenvalue weighted by molar-refractivity contribution is 5.54. The number of pyridine rings is 1. The van der Waals surface area contributed by atoms with Crippen molar-refractivity contribution in [1.29, 1.82) is 5.26 Å². The molecule has 0 amide bonds. The Hall–Kier alpha value is -1.64. The lowest BCUT2D eigenvalue weighted by atomic mass is 10.1. The molecule has 2 atom stereocenters. The molecule has 1 aliphatic heterocycles. The first-order chi connectivity index (χ1) is 8.26. The molecular weight excluding hydrogens is 218 g/mol. The minimum Gasteiger partial charge on any atom is -0.394 e. The molecule has 2 unspecified atom stereocenters. The maximum absolute atomic E-state index is 9.13. The van der Waals surface area contributed by atoms with E-state index in [0.717, 1.165) is 0 Å². The highest BCUT2D eigenvalue weighted by Gasteiger charge is 2.27. The molecule has 5 heteroatoms. The van der Waals surface area contributed by atoms with E-state index >= 15 is 0 Å². The van der Waals surface area contributed by atoms with E-state index in [0.29, 0.717) is 24.5 Å². The molecular formula is C12H15N3O2. The third kappa shape index (κ3) is 2.38. The van der Waals surface area contributed by atoms with Gasteiger partial charge in [-0.15, -0.1) is 0 Å². The van der Waals surface area contributed by atoms with E-state index in [9.17, 15) is 0 Å². The number of nitrogens with zero attached hydrogens (tertiary/aromatic N) is 3. The van der Waals surface area contributed by atoms with Gasteiger partial charge in [-0.3, -0.25) is 0 Å². The third-order valence-corrected chi connectivity index (χ3v) is 2.89. The highest BCUT2D eigenvalue weighted by Crippen LogP contribution is 2.22. The first kappa shape index (κ1) is 11.8. The number of ether oxygens (including phenoxy) is 1. The Kier molecular flexibility index (Phi) is 3.57. The number of hydrogen-bond donors (Lipinski definition) is 1. The van der Waals surface area contributed by atoms with Gasteiger partial charge in [0.15, 0.2) is 0 Å². The predicted octanol–water partition coefficient (Wildman–Crippen LogP) is 0.539. The Balaban J connectivity index is 2.28. The van der Waals surface area contributed by atoms with Crippen LogP contribution in [0, 0.1) is 11.3 Å². The van der Waals surface area contributed by atoms with Crippen molar-refractivity contribution in [1.82, 2.24) is 4.98 Å². The Labute approximate surface area is 100 Å². The number of aliphatic hydroxyl groups is 1. The maximum Gasteiger partial charge on any atom is 0.146 e. The van der Waals surface area contributed by atoms with Crippen LogP contribution in [0.5, 0.6) is 0 Å². The van der Waals surface area contributed by atoms with E-state index in [1.54, 1.807) is 18.3 Å². The van der Waals surface area contributed by atoms with E-state index < -0.39 is 0 Å². The molecule has 0 bridgehead atoms. The van der Waals surface area contributed by atoms with Crippen molar-refractivity contribution < 1.29 is 9.84 Å². The molecule has 0 saturated carbocycles. The fraction of sp³-hybridized carbons (Fsp3) is 0.500. The summed E-state index contributed by atoms with van der Waals surface area (Å²) < 4.78 is 5.46. The SMILES string of the molecule is CC1COC(CO)CN1c1ncccc1C#N. The lowest BCUT2D eigenvalue weighted by Gasteiger charge is -2.38. The van der Waals surface area contributed by atoms with Gasteiger partial charge in [0.2, 0.25) is 0 Å². The number of rotatable bonds is 2. The second-order valence-electron chi connectivity index (χ2n) is 4.13. The normalized spacial score (nSPS) is 24.4. The van der Waals surface area contributed by atoms with Crippen LogP contribution in [-0.2, 0) is 4.74 Å². The van der Waals surface area contributed by atoms with Gasteiger partial charge in [0.1, 0.15) is 11.9 Å². The van der Waals surface area contributed by atoms with Crippen LogP contribution < -0.4 is 4.90 Å². The molecule has 5 nitrogen and oxygen atoms in total. The zero-order valence-electron chi connectivity index (χ0n) is 9.71. The number of nitriles is 1. The second-order valence-corrected chi connectivity index (χ2v) is 4.13. The van der Waals surface area contributed by atoms with Gasteiger partial charge >= 0.3 is 0 Å². The minimum absolute atomic E-state index is 0.0159. The molecule has 0 aliphatic carbocycles. The summed E-state index contributed by atoms with van der Waals surface area (Å²) >= 11 is 0. The van der Waals surface area contributed by atoms with Crippen LogP contribution in [0.15, 0.2) is 18.3 Å². The Morgan fingerprint density at radius 3 is 3.24 bits per heavy atom. The summed E-state index contributed by atoms with van der Waals surface area (Å²) in [6.07, 6.45) is 1.46. The minimum atomic E-state index is -0.209. The molecule has 1 aromatic rings. The quantitative estimate of drug-likeness (QED) is 0.807. The zero-order valence-corrected chi connectivity index (χ0v) is 9.71.